The maximum Gasteiger partial charge on any atom is 0.345 e. The van der Waals surface area contributed by atoms with Gasteiger partial charge >= 0.3 is 11.9 Å². The Kier molecular flexibility index (Phi) is 11.3. The summed E-state index contributed by atoms with van der Waals surface area (Å²) in [6, 6.07) is 8.97. The average molecular weight is 408 g/mol. The lowest BCUT2D eigenvalue weighted by Gasteiger charge is -2.17. The van der Waals surface area contributed by atoms with Gasteiger partial charge in [0.15, 0.2) is 0 Å². The number of esters is 2. The van der Waals surface area contributed by atoms with Gasteiger partial charge in [-0.05, 0) is 26.0 Å². The summed E-state index contributed by atoms with van der Waals surface area (Å²) in [5.74, 6) is -0.978. The van der Waals surface area contributed by atoms with Gasteiger partial charge in [-0.25, -0.2) is 9.59 Å². The molecule has 0 heterocycles. The number of aliphatic hydroxyl groups excluding tert-OH is 2. The number of para-hydroxylation sites is 1. The van der Waals surface area contributed by atoms with Crippen molar-refractivity contribution in [2.45, 2.75) is 26.4 Å². The number of ether oxygens (including phenoxy) is 4. The first kappa shape index (κ1) is 24.4. The van der Waals surface area contributed by atoms with Crippen LogP contribution in [0.1, 0.15) is 20.3 Å². The van der Waals surface area contributed by atoms with Crippen molar-refractivity contribution in [1.82, 2.24) is 0 Å². The van der Waals surface area contributed by atoms with Crippen LogP contribution in [0.4, 0.5) is 0 Å². The van der Waals surface area contributed by atoms with E-state index in [9.17, 15) is 14.7 Å². The number of aliphatic hydroxyl groups is 2. The SMILES string of the molecule is C=C(C)C(=O)OC(=O)C(C)=C(CC(O)COc1ccccc1)OCCOCCO. The zero-order chi connectivity index (χ0) is 21.6. The first-order valence-electron chi connectivity index (χ1n) is 9.14. The van der Waals surface area contributed by atoms with E-state index in [1.54, 1.807) is 24.3 Å². The van der Waals surface area contributed by atoms with Gasteiger partial charge in [0, 0.05) is 12.0 Å². The van der Waals surface area contributed by atoms with Gasteiger partial charge in [0.05, 0.1) is 31.5 Å². The van der Waals surface area contributed by atoms with Gasteiger partial charge in [0.2, 0.25) is 0 Å². The van der Waals surface area contributed by atoms with Crippen LogP contribution in [0.3, 0.4) is 0 Å². The number of carbonyl (C=O) groups is 2. The fraction of sp³-hybridized carbons (Fsp3) is 0.429. The molecule has 29 heavy (non-hydrogen) atoms. The molecule has 1 aromatic rings. The van der Waals surface area contributed by atoms with Gasteiger partial charge in [-0.15, -0.1) is 0 Å². The molecule has 1 aromatic carbocycles. The first-order valence-corrected chi connectivity index (χ1v) is 9.14. The van der Waals surface area contributed by atoms with Crippen molar-refractivity contribution in [3.63, 3.8) is 0 Å². The number of rotatable bonds is 13. The molecule has 0 amide bonds. The second-order valence-electron chi connectivity index (χ2n) is 6.17. The minimum atomic E-state index is -0.969. The molecule has 0 bridgehead atoms. The van der Waals surface area contributed by atoms with E-state index in [4.69, 9.17) is 24.1 Å². The Labute approximate surface area is 170 Å². The quantitative estimate of drug-likeness (QED) is 0.167. The van der Waals surface area contributed by atoms with Crippen LogP contribution < -0.4 is 4.74 Å². The normalized spacial score (nSPS) is 12.6. The molecule has 0 aliphatic heterocycles. The highest BCUT2D eigenvalue weighted by atomic mass is 16.6. The Hall–Kier alpha value is -2.68. The summed E-state index contributed by atoms with van der Waals surface area (Å²) in [6.07, 6.45) is -1.00. The molecule has 1 rings (SSSR count). The van der Waals surface area contributed by atoms with E-state index < -0.39 is 18.0 Å². The fourth-order valence-corrected chi connectivity index (χ4v) is 2.05. The highest BCUT2D eigenvalue weighted by molar-refractivity contribution is 6.01. The predicted octanol–water partition coefficient (Wildman–Crippen LogP) is 1.76. The van der Waals surface area contributed by atoms with E-state index in [1.165, 1.54) is 13.8 Å². The summed E-state index contributed by atoms with van der Waals surface area (Å²) >= 11 is 0. The molecule has 0 aliphatic carbocycles. The summed E-state index contributed by atoms with van der Waals surface area (Å²) in [4.78, 5) is 23.8. The largest absolute Gasteiger partial charge is 0.495 e. The number of carbonyl (C=O) groups excluding carboxylic acids is 2. The molecule has 0 spiro atoms. The van der Waals surface area contributed by atoms with Crippen molar-refractivity contribution in [3.05, 3.63) is 53.8 Å². The Morgan fingerprint density at radius 1 is 1.07 bits per heavy atom. The van der Waals surface area contributed by atoms with E-state index in [0.717, 1.165) is 0 Å². The lowest BCUT2D eigenvalue weighted by Crippen LogP contribution is -2.22. The smallest absolute Gasteiger partial charge is 0.345 e. The molecular formula is C21H28O8. The van der Waals surface area contributed by atoms with E-state index in [-0.39, 0.29) is 56.4 Å². The van der Waals surface area contributed by atoms with Gasteiger partial charge in [-0.3, -0.25) is 0 Å². The minimum absolute atomic E-state index is 0.0229. The second kappa shape index (κ2) is 13.5. The number of benzene rings is 1. The third-order valence-electron chi connectivity index (χ3n) is 3.60. The van der Waals surface area contributed by atoms with Crippen molar-refractivity contribution < 1.29 is 38.7 Å². The molecule has 8 heteroatoms. The van der Waals surface area contributed by atoms with Crippen molar-refractivity contribution >= 4 is 11.9 Å². The zero-order valence-electron chi connectivity index (χ0n) is 16.8. The van der Waals surface area contributed by atoms with Crippen LogP contribution in [0, 0.1) is 0 Å². The summed E-state index contributed by atoms with van der Waals surface area (Å²) in [6.45, 7) is 6.56. The lowest BCUT2D eigenvalue weighted by molar-refractivity contribution is -0.154. The fourth-order valence-electron chi connectivity index (χ4n) is 2.05. The first-order chi connectivity index (χ1) is 13.8. The standard InChI is InChI=1S/C21H28O8/c1-15(2)20(24)29-21(25)16(3)19(27-12-11-26-10-9-22)13-17(23)14-28-18-7-5-4-6-8-18/h4-8,17,22-23H,1,9-14H2,2-3H3. The van der Waals surface area contributed by atoms with Gasteiger partial charge in [-0.1, -0.05) is 24.8 Å². The molecule has 0 saturated heterocycles. The highest BCUT2D eigenvalue weighted by Crippen LogP contribution is 2.17. The van der Waals surface area contributed by atoms with E-state index in [0.29, 0.717) is 5.75 Å². The van der Waals surface area contributed by atoms with Crippen LogP contribution in [0.15, 0.2) is 53.8 Å². The lowest BCUT2D eigenvalue weighted by atomic mass is 10.1. The van der Waals surface area contributed by atoms with E-state index in [2.05, 4.69) is 6.58 Å². The highest BCUT2D eigenvalue weighted by Gasteiger charge is 2.20. The average Bonchev–Trinajstić information content (AvgIpc) is 2.71. The van der Waals surface area contributed by atoms with Crippen LogP contribution in [-0.4, -0.2) is 61.3 Å². The van der Waals surface area contributed by atoms with Gasteiger partial charge in [-0.2, -0.15) is 0 Å². The van der Waals surface area contributed by atoms with Crippen LogP contribution in [0.2, 0.25) is 0 Å². The molecule has 1 unspecified atom stereocenters. The number of hydrogen-bond acceptors (Lipinski definition) is 8. The Morgan fingerprint density at radius 3 is 2.38 bits per heavy atom. The second-order valence-corrected chi connectivity index (χ2v) is 6.17. The molecule has 0 aromatic heterocycles. The molecule has 0 aliphatic rings. The monoisotopic (exact) mass is 408 g/mol. The third kappa shape index (κ3) is 9.89. The van der Waals surface area contributed by atoms with Crippen LogP contribution in [0.25, 0.3) is 0 Å². The molecule has 1 atom stereocenters. The predicted molar refractivity (Wildman–Crippen MR) is 105 cm³/mol. The van der Waals surface area contributed by atoms with Crippen LogP contribution in [-0.2, 0) is 23.8 Å². The van der Waals surface area contributed by atoms with Crippen molar-refractivity contribution in [3.8, 4) is 5.75 Å². The molecule has 0 saturated carbocycles. The number of hydrogen-bond donors (Lipinski definition) is 2. The van der Waals surface area contributed by atoms with Crippen molar-refractivity contribution in [2.24, 2.45) is 0 Å². The molecular weight excluding hydrogens is 380 g/mol. The maximum absolute atomic E-state index is 12.2. The third-order valence-corrected chi connectivity index (χ3v) is 3.60. The summed E-state index contributed by atoms with van der Waals surface area (Å²) < 4.78 is 20.9. The summed E-state index contributed by atoms with van der Waals surface area (Å²) in [5, 5.41) is 19.0. The van der Waals surface area contributed by atoms with Crippen molar-refractivity contribution in [1.29, 1.82) is 0 Å². The molecule has 8 nitrogen and oxygen atoms in total. The van der Waals surface area contributed by atoms with Gasteiger partial charge in [0.25, 0.3) is 0 Å². The Morgan fingerprint density at radius 2 is 1.76 bits per heavy atom. The minimum Gasteiger partial charge on any atom is -0.495 e. The van der Waals surface area contributed by atoms with Crippen LogP contribution >= 0.6 is 0 Å². The van der Waals surface area contributed by atoms with E-state index >= 15 is 0 Å². The zero-order valence-corrected chi connectivity index (χ0v) is 16.8. The van der Waals surface area contributed by atoms with Crippen molar-refractivity contribution in [2.75, 3.05) is 33.0 Å². The molecule has 160 valence electrons. The van der Waals surface area contributed by atoms with Gasteiger partial charge in [0.1, 0.15) is 24.7 Å². The molecule has 0 fully saturated rings. The molecule has 2 N–H and O–H groups in total. The maximum atomic E-state index is 12.2. The van der Waals surface area contributed by atoms with E-state index in [1.807, 2.05) is 6.07 Å². The van der Waals surface area contributed by atoms with Crippen LogP contribution in [0.5, 0.6) is 5.75 Å². The Balaban J connectivity index is 2.75. The summed E-state index contributed by atoms with van der Waals surface area (Å²) in [7, 11) is 0. The molecule has 0 radical (unpaired) electrons. The Bertz CT molecular complexity index is 696. The van der Waals surface area contributed by atoms with Gasteiger partial charge < -0.3 is 29.2 Å². The topological polar surface area (TPSA) is 112 Å². The summed E-state index contributed by atoms with van der Waals surface area (Å²) in [5.41, 5.74) is 0.128.